The van der Waals surface area contributed by atoms with Crippen molar-refractivity contribution in [1.29, 1.82) is 0 Å². The van der Waals surface area contributed by atoms with Crippen molar-refractivity contribution in [2.75, 3.05) is 13.2 Å². The maximum atomic E-state index is 14.4. The van der Waals surface area contributed by atoms with Gasteiger partial charge in [0.2, 0.25) is 0 Å². The van der Waals surface area contributed by atoms with Crippen molar-refractivity contribution in [2.45, 2.75) is 6.54 Å². The number of aromatic nitrogens is 1. The molecule has 0 bridgehead atoms. The lowest BCUT2D eigenvalue weighted by atomic mass is 10.1. The molecule has 1 fully saturated rings. The van der Waals surface area contributed by atoms with Crippen molar-refractivity contribution < 1.29 is 18.7 Å². The highest BCUT2D eigenvalue weighted by atomic mass is 35.5. The van der Waals surface area contributed by atoms with Crippen LogP contribution < -0.4 is 4.74 Å². The van der Waals surface area contributed by atoms with Gasteiger partial charge in [0.25, 0.3) is 11.1 Å². The molecule has 0 atom stereocenters. The van der Waals surface area contributed by atoms with Crippen molar-refractivity contribution in [3.05, 3.63) is 105 Å². The zero-order valence-electron chi connectivity index (χ0n) is 18.8. The molecule has 0 radical (unpaired) electrons. The summed E-state index contributed by atoms with van der Waals surface area (Å²) in [6, 6.07) is 19.1. The number of benzene rings is 3. The lowest BCUT2D eigenvalue weighted by Gasteiger charge is -2.13. The lowest BCUT2D eigenvalue weighted by molar-refractivity contribution is -0.123. The Labute approximate surface area is 221 Å². The van der Waals surface area contributed by atoms with E-state index in [1.807, 2.05) is 35.0 Å². The van der Waals surface area contributed by atoms with Crippen LogP contribution in [0.2, 0.25) is 10.0 Å². The topological polar surface area (TPSA) is 51.5 Å². The van der Waals surface area contributed by atoms with Gasteiger partial charge in [-0.15, -0.1) is 0 Å². The molecule has 0 unspecified atom stereocenters. The predicted octanol–water partition coefficient (Wildman–Crippen LogP) is 7.25. The van der Waals surface area contributed by atoms with Crippen LogP contribution in [-0.2, 0) is 11.3 Å². The molecular formula is C27H19Cl2FN2O3S. The van der Waals surface area contributed by atoms with E-state index >= 15 is 0 Å². The largest absolute Gasteiger partial charge is 0.492 e. The molecule has 1 saturated heterocycles. The van der Waals surface area contributed by atoms with Gasteiger partial charge in [0, 0.05) is 38.3 Å². The lowest BCUT2D eigenvalue weighted by Crippen LogP contribution is -2.32. The van der Waals surface area contributed by atoms with Gasteiger partial charge >= 0.3 is 0 Å². The standard InChI is InChI=1S/C27H19Cl2FN2O3S/c28-18-8-10-19(11-9-18)35-13-12-32-26(33)25(36-27(32)34)14-17-15-31(24-7-2-1-4-20(17)24)16-21-22(29)5-3-6-23(21)30/h1-11,14-15H,12-13,16H2/b25-14-. The molecule has 5 nitrogen and oxygen atoms in total. The van der Waals surface area contributed by atoms with Crippen molar-refractivity contribution in [3.63, 3.8) is 0 Å². The fraction of sp³-hybridized carbons (Fsp3) is 0.111. The average Bonchev–Trinajstić information content (AvgIpc) is 3.34. The number of ether oxygens (including phenoxy) is 1. The third-order valence-electron chi connectivity index (χ3n) is 5.77. The van der Waals surface area contributed by atoms with E-state index in [1.54, 1.807) is 42.5 Å². The first kappa shape index (κ1) is 24.4. The normalized spacial score (nSPS) is 14.9. The van der Waals surface area contributed by atoms with Crippen LogP contribution in [-0.4, -0.2) is 33.8 Å². The zero-order chi connectivity index (χ0) is 25.2. The summed E-state index contributed by atoms with van der Waals surface area (Å²) in [6.45, 7) is 0.511. The average molecular weight is 541 g/mol. The van der Waals surface area contributed by atoms with Gasteiger partial charge in [-0.1, -0.05) is 47.5 Å². The molecule has 3 aromatic carbocycles. The highest BCUT2D eigenvalue weighted by molar-refractivity contribution is 8.18. The first-order chi connectivity index (χ1) is 17.4. The number of carbonyl (C=O) groups is 2. The van der Waals surface area contributed by atoms with Crippen LogP contribution in [0.25, 0.3) is 17.0 Å². The summed E-state index contributed by atoms with van der Waals surface area (Å²) < 4.78 is 21.9. The van der Waals surface area contributed by atoms with E-state index in [2.05, 4.69) is 0 Å². The quantitative estimate of drug-likeness (QED) is 0.231. The number of hydrogen-bond acceptors (Lipinski definition) is 4. The van der Waals surface area contributed by atoms with E-state index in [9.17, 15) is 14.0 Å². The minimum absolute atomic E-state index is 0.123. The number of para-hydroxylation sites is 1. The maximum Gasteiger partial charge on any atom is 0.293 e. The molecule has 1 aliphatic rings. The second-order valence-electron chi connectivity index (χ2n) is 8.07. The highest BCUT2D eigenvalue weighted by Crippen LogP contribution is 2.34. The molecule has 4 aromatic rings. The van der Waals surface area contributed by atoms with Gasteiger partial charge in [0.05, 0.1) is 18.0 Å². The number of hydrogen-bond donors (Lipinski definition) is 0. The predicted molar refractivity (Wildman–Crippen MR) is 142 cm³/mol. The molecule has 2 heterocycles. The summed E-state index contributed by atoms with van der Waals surface area (Å²) in [7, 11) is 0. The van der Waals surface area contributed by atoms with Crippen molar-refractivity contribution in [1.82, 2.24) is 9.47 Å². The van der Waals surface area contributed by atoms with Crippen LogP contribution in [0.4, 0.5) is 9.18 Å². The van der Waals surface area contributed by atoms with Crippen LogP contribution in [0, 0.1) is 5.82 Å². The Balaban J connectivity index is 1.37. The fourth-order valence-corrected chi connectivity index (χ4v) is 5.20. The Morgan fingerprint density at radius 3 is 2.53 bits per heavy atom. The summed E-state index contributed by atoms with van der Waals surface area (Å²) in [6.07, 6.45) is 3.54. The van der Waals surface area contributed by atoms with Gasteiger partial charge < -0.3 is 9.30 Å². The third kappa shape index (κ3) is 5.00. The summed E-state index contributed by atoms with van der Waals surface area (Å²) >= 11 is 13.0. The molecular weight excluding hydrogens is 522 g/mol. The van der Waals surface area contributed by atoms with E-state index in [4.69, 9.17) is 27.9 Å². The summed E-state index contributed by atoms with van der Waals surface area (Å²) in [4.78, 5) is 27.0. The molecule has 1 aliphatic heterocycles. The third-order valence-corrected chi connectivity index (χ3v) is 7.28. The first-order valence-electron chi connectivity index (χ1n) is 11.1. The monoisotopic (exact) mass is 540 g/mol. The summed E-state index contributed by atoms with van der Waals surface area (Å²) in [5.74, 6) is -0.160. The van der Waals surface area contributed by atoms with Crippen LogP contribution in [0.5, 0.6) is 5.75 Å². The number of nitrogens with zero attached hydrogens (tertiary/aromatic N) is 2. The van der Waals surface area contributed by atoms with Crippen LogP contribution in [0.15, 0.2) is 77.8 Å². The summed E-state index contributed by atoms with van der Waals surface area (Å²) in [5, 5.41) is 1.46. The molecule has 182 valence electrons. The zero-order valence-corrected chi connectivity index (χ0v) is 21.1. The van der Waals surface area contributed by atoms with Gasteiger partial charge in [0.15, 0.2) is 0 Å². The molecule has 0 N–H and O–H groups in total. The van der Waals surface area contributed by atoms with E-state index in [0.29, 0.717) is 26.3 Å². The number of thioether (sulfide) groups is 1. The van der Waals surface area contributed by atoms with E-state index in [0.717, 1.165) is 28.2 Å². The van der Waals surface area contributed by atoms with Crippen LogP contribution >= 0.6 is 35.0 Å². The van der Waals surface area contributed by atoms with Crippen molar-refractivity contribution >= 4 is 63.1 Å². The number of amides is 2. The molecule has 36 heavy (non-hydrogen) atoms. The summed E-state index contributed by atoms with van der Waals surface area (Å²) in [5.41, 5.74) is 1.99. The number of halogens is 3. The SMILES string of the molecule is O=C1S/C(=C\c2cn(Cc3c(F)cccc3Cl)c3ccccc23)C(=O)N1CCOc1ccc(Cl)cc1. The minimum Gasteiger partial charge on any atom is -0.492 e. The van der Waals surface area contributed by atoms with Gasteiger partial charge in [-0.3, -0.25) is 14.5 Å². The Hall–Kier alpha value is -3.26. The van der Waals surface area contributed by atoms with Gasteiger partial charge in [-0.25, -0.2) is 4.39 Å². The molecule has 0 aliphatic carbocycles. The van der Waals surface area contributed by atoms with Gasteiger partial charge in [-0.2, -0.15) is 0 Å². The second kappa shape index (κ2) is 10.4. The first-order valence-corrected chi connectivity index (χ1v) is 12.6. The van der Waals surface area contributed by atoms with E-state index in [-0.39, 0.29) is 36.7 Å². The Morgan fingerprint density at radius 2 is 1.75 bits per heavy atom. The maximum absolute atomic E-state index is 14.4. The van der Waals surface area contributed by atoms with Crippen LogP contribution in [0.1, 0.15) is 11.1 Å². The van der Waals surface area contributed by atoms with Gasteiger partial charge in [0.1, 0.15) is 18.2 Å². The highest BCUT2D eigenvalue weighted by Gasteiger charge is 2.35. The number of carbonyl (C=O) groups excluding carboxylic acids is 2. The van der Waals surface area contributed by atoms with E-state index < -0.39 is 0 Å². The Bertz CT molecular complexity index is 1480. The molecule has 0 spiro atoms. The molecule has 0 saturated carbocycles. The Kier molecular flexibility index (Phi) is 7.05. The van der Waals surface area contributed by atoms with Crippen LogP contribution in [0.3, 0.4) is 0 Å². The number of imide groups is 1. The van der Waals surface area contributed by atoms with E-state index in [1.165, 1.54) is 11.0 Å². The van der Waals surface area contributed by atoms with Crippen molar-refractivity contribution in [2.24, 2.45) is 0 Å². The number of rotatable bonds is 7. The number of fused-ring (bicyclic) bond motifs is 1. The smallest absolute Gasteiger partial charge is 0.293 e. The van der Waals surface area contributed by atoms with Gasteiger partial charge in [-0.05, 0) is 60.3 Å². The molecule has 2 amide bonds. The van der Waals surface area contributed by atoms with Crippen molar-refractivity contribution in [3.8, 4) is 5.75 Å². The molecule has 1 aromatic heterocycles. The second-order valence-corrected chi connectivity index (χ2v) is 9.90. The minimum atomic E-state index is -0.385. The molecule has 9 heteroatoms. The molecule has 5 rings (SSSR count). The Morgan fingerprint density at radius 1 is 0.972 bits per heavy atom. The fourth-order valence-electron chi connectivity index (χ4n) is 3.99.